The van der Waals surface area contributed by atoms with Gasteiger partial charge in [-0.15, -0.1) is 0 Å². The van der Waals surface area contributed by atoms with Gasteiger partial charge in [-0.05, 0) is 67.3 Å². The fraction of sp³-hybridized carbons (Fsp3) is 0.818. The van der Waals surface area contributed by atoms with Crippen LogP contribution in [0.1, 0.15) is 59.3 Å². The molecule has 4 rings (SSSR count). The Balaban J connectivity index is 1.76. The summed E-state index contributed by atoms with van der Waals surface area (Å²) < 4.78 is 0. The van der Waals surface area contributed by atoms with Gasteiger partial charge in [0.1, 0.15) is 12.2 Å². The lowest BCUT2D eigenvalue weighted by Crippen LogP contribution is -2.65. The summed E-state index contributed by atoms with van der Waals surface area (Å²) in [5.41, 5.74) is -1.47. The van der Waals surface area contributed by atoms with Crippen LogP contribution in [0.15, 0.2) is 11.6 Å². The molecule has 5 nitrogen and oxygen atoms in total. The van der Waals surface area contributed by atoms with Crippen LogP contribution in [-0.4, -0.2) is 45.2 Å². The Bertz CT molecular complexity index is 713. The highest BCUT2D eigenvalue weighted by Gasteiger charge is 2.71. The normalized spacial score (nSPS) is 51.9. The molecule has 0 spiro atoms. The van der Waals surface area contributed by atoms with Crippen molar-refractivity contribution in [3.8, 4) is 0 Å². The molecule has 0 aliphatic heterocycles. The van der Waals surface area contributed by atoms with Crippen LogP contribution >= 0.6 is 0 Å². The van der Waals surface area contributed by atoms with Gasteiger partial charge in [0.25, 0.3) is 0 Å². The minimum atomic E-state index is -1.68. The van der Waals surface area contributed by atoms with E-state index >= 15 is 0 Å². The summed E-state index contributed by atoms with van der Waals surface area (Å²) >= 11 is 0. The molecule has 5 heteroatoms. The second-order valence-corrected chi connectivity index (χ2v) is 9.99. The van der Waals surface area contributed by atoms with Crippen molar-refractivity contribution in [2.75, 3.05) is 6.61 Å². The van der Waals surface area contributed by atoms with Crippen molar-refractivity contribution in [3.63, 3.8) is 0 Å². The smallest absolute Gasteiger partial charge is 0.190 e. The number of Topliss-reactive ketones (excluding diaryl/α,β-unsaturated/α-hetero) is 1. The number of hydrogen-bond acceptors (Lipinski definition) is 5. The molecule has 27 heavy (non-hydrogen) atoms. The van der Waals surface area contributed by atoms with Crippen LogP contribution in [0.25, 0.3) is 0 Å². The predicted molar refractivity (Wildman–Crippen MR) is 99.7 cm³/mol. The van der Waals surface area contributed by atoms with Crippen LogP contribution in [0.2, 0.25) is 0 Å². The molecule has 0 aromatic heterocycles. The van der Waals surface area contributed by atoms with E-state index in [1.54, 1.807) is 0 Å². The third-order valence-corrected chi connectivity index (χ3v) is 9.21. The Labute approximate surface area is 160 Å². The molecule has 0 radical (unpaired) electrons. The van der Waals surface area contributed by atoms with Gasteiger partial charge >= 0.3 is 0 Å². The van der Waals surface area contributed by atoms with Gasteiger partial charge in [0.2, 0.25) is 0 Å². The van der Waals surface area contributed by atoms with Crippen molar-refractivity contribution >= 4 is 11.6 Å². The van der Waals surface area contributed by atoms with Gasteiger partial charge in [0.05, 0.1) is 6.10 Å². The van der Waals surface area contributed by atoms with Crippen LogP contribution in [-0.2, 0) is 9.59 Å². The number of rotatable bonds is 2. The topological polar surface area (TPSA) is 94.8 Å². The van der Waals surface area contributed by atoms with Gasteiger partial charge in [-0.2, -0.15) is 0 Å². The lowest BCUT2D eigenvalue weighted by Gasteiger charge is -2.60. The highest BCUT2D eigenvalue weighted by molar-refractivity contribution is 5.92. The predicted octanol–water partition coefficient (Wildman–Crippen LogP) is 2.03. The molecule has 0 saturated heterocycles. The molecule has 0 heterocycles. The van der Waals surface area contributed by atoms with Gasteiger partial charge in [-0.25, -0.2) is 0 Å². The monoisotopic (exact) mass is 376 g/mol. The number of carbonyl (C=O) groups excluding carboxylic acids is 2. The summed E-state index contributed by atoms with van der Waals surface area (Å²) in [6.07, 6.45) is 5.45. The maximum absolute atomic E-state index is 12.6. The largest absolute Gasteiger partial charge is 0.392 e. The molecule has 150 valence electrons. The average Bonchev–Trinajstić information content (AvgIpc) is 2.85. The van der Waals surface area contributed by atoms with Crippen LogP contribution in [0.5, 0.6) is 0 Å². The van der Waals surface area contributed by atoms with E-state index in [0.29, 0.717) is 25.2 Å². The highest BCUT2D eigenvalue weighted by Crippen LogP contribution is 2.68. The quantitative estimate of drug-likeness (QED) is 0.685. The molecular formula is C22H32O5. The summed E-state index contributed by atoms with van der Waals surface area (Å²) in [6, 6.07) is 0. The van der Waals surface area contributed by atoms with Crippen molar-refractivity contribution in [2.24, 2.45) is 34.5 Å². The summed E-state index contributed by atoms with van der Waals surface area (Å²) in [5, 5.41) is 32.2. The van der Waals surface area contributed by atoms with Crippen LogP contribution < -0.4 is 0 Å². The van der Waals surface area contributed by atoms with Gasteiger partial charge in [0.15, 0.2) is 11.6 Å². The van der Waals surface area contributed by atoms with E-state index in [9.17, 15) is 24.9 Å². The number of allylic oxidation sites excluding steroid dienone is 1. The molecule has 0 bridgehead atoms. The molecule has 3 fully saturated rings. The number of aliphatic hydroxyl groups is 3. The van der Waals surface area contributed by atoms with Crippen molar-refractivity contribution in [2.45, 2.75) is 71.0 Å². The van der Waals surface area contributed by atoms with Crippen molar-refractivity contribution in [3.05, 3.63) is 11.6 Å². The molecule has 0 aromatic carbocycles. The molecule has 3 saturated carbocycles. The first-order valence-corrected chi connectivity index (χ1v) is 10.4. The Kier molecular flexibility index (Phi) is 4.27. The number of fused-ring (bicyclic) bond motifs is 5. The zero-order valence-corrected chi connectivity index (χ0v) is 16.6. The highest BCUT2D eigenvalue weighted by atomic mass is 16.3. The maximum atomic E-state index is 12.6. The molecule has 0 amide bonds. The molecule has 3 N–H and O–H groups in total. The summed E-state index contributed by atoms with van der Waals surface area (Å²) in [5.74, 6) is -0.0342. The van der Waals surface area contributed by atoms with E-state index < -0.39 is 29.5 Å². The minimum Gasteiger partial charge on any atom is -0.392 e. The average molecular weight is 376 g/mol. The first-order chi connectivity index (χ1) is 12.6. The number of ketones is 2. The Morgan fingerprint density at radius 3 is 2.59 bits per heavy atom. The summed E-state index contributed by atoms with van der Waals surface area (Å²) in [4.78, 5) is 24.5. The van der Waals surface area contributed by atoms with Crippen molar-refractivity contribution in [1.82, 2.24) is 0 Å². The molecular weight excluding hydrogens is 344 g/mol. The van der Waals surface area contributed by atoms with Gasteiger partial charge in [-0.3, -0.25) is 9.59 Å². The standard InChI is InChI=1S/C22H32O5/c1-12-8-17-15-5-4-13-9-14(24)6-7-20(13,2)16(15)10-18(25)21(17,3)22(12,27)19(26)11-23/h9,12,15-18,23,25,27H,4-8,10-11H2,1-3H3/t12-,15-,16+,17+,18+,20+,21-,22+/m1/s1. The molecule has 0 aromatic rings. The molecule has 8 atom stereocenters. The SMILES string of the molecule is C[C@@H]1C[C@H]2[C@@H]3CCC4=CC(=O)CC[C@]4(C)[C@H]3C[C@H](O)[C@]2(C)[C@@]1(O)C(=O)CO. The lowest BCUT2D eigenvalue weighted by atomic mass is 9.45. The maximum Gasteiger partial charge on any atom is 0.190 e. The lowest BCUT2D eigenvalue weighted by molar-refractivity contribution is -0.200. The Hall–Kier alpha value is -1.04. The van der Waals surface area contributed by atoms with Gasteiger partial charge < -0.3 is 15.3 Å². The van der Waals surface area contributed by atoms with Crippen LogP contribution in [0, 0.1) is 34.5 Å². The molecule has 4 aliphatic rings. The van der Waals surface area contributed by atoms with E-state index in [-0.39, 0.29) is 29.0 Å². The third kappa shape index (κ3) is 2.22. The van der Waals surface area contributed by atoms with E-state index in [2.05, 4.69) is 6.92 Å². The van der Waals surface area contributed by atoms with E-state index in [1.165, 1.54) is 5.57 Å². The summed E-state index contributed by atoms with van der Waals surface area (Å²) in [7, 11) is 0. The van der Waals surface area contributed by atoms with Crippen LogP contribution in [0.3, 0.4) is 0 Å². The Morgan fingerprint density at radius 2 is 1.93 bits per heavy atom. The Morgan fingerprint density at radius 1 is 1.22 bits per heavy atom. The zero-order chi connectivity index (χ0) is 19.8. The fourth-order valence-electron chi connectivity index (χ4n) is 7.58. The third-order valence-electron chi connectivity index (χ3n) is 9.21. The van der Waals surface area contributed by atoms with Crippen LogP contribution in [0.4, 0.5) is 0 Å². The first kappa shape index (κ1) is 19.3. The van der Waals surface area contributed by atoms with Gasteiger partial charge in [0, 0.05) is 11.8 Å². The minimum absolute atomic E-state index is 0.0396. The molecule has 4 aliphatic carbocycles. The molecule has 0 unspecified atom stereocenters. The number of hydrogen-bond donors (Lipinski definition) is 3. The second kappa shape index (κ2) is 5.98. The summed E-state index contributed by atoms with van der Waals surface area (Å²) in [6.45, 7) is 5.26. The second-order valence-electron chi connectivity index (χ2n) is 9.99. The van der Waals surface area contributed by atoms with Gasteiger partial charge in [-0.1, -0.05) is 26.3 Å². The first-order valence-electron chi connectivity index (χ1n) is 10.4. The van der Waals surface area contributed by atoms with Crippen molar-refractivity contribution in [1.29, 1.82) is 0 Å². The van der Waals surface area contributed by atoms with E-state index in [1.807, 2.05) is 19.9 Å². The fourth-order valence-corrected chi connectivity index (χ4v) is 7.58. The zero-order valence-electron chi connectivity index (χ0n) is 16.6. The van der Waals surface area contributed by atoms with E-state index in [0.717, 1.165) is 19.3 Å². The number of carbonyl (C=O) groups is 2. The number of aliphatic hydroxyl groups excluding tert-OH is 2. The van der Waals surface area contributed by atoms with E-state index in [4.69, 9.17) is 0 Å². The van der Waals surface area contributed by atoms with Crippen molar-refractivity contribution < 1.29 is 24.9 Å².